The highest BCUT2D eigenvalue weighted by Crippen LogP contribution is 2.43. The van der Waals surface area contributed by atoms with Crippen molar-refractivity contribution in [1.29, 1.82) is 0 Å². The van der Waals surface area contributed by atoms with E-state index in [1.54, 1.807) is 16.7 Å². The molecule has 1 aliphatic carbocycles. The first-order valence-electron chi connectivity index (χ1n) is 13.7. The molecule has 0 bridgehead atoms. The van der Waals surface area contributed by atoms with Gasteiger partial charge in [-0.2, -0.15) is 0 Å². The Morgan fingerprint density at radius 3 is 2.42 bits per heavy atom. The van der Waals surface area contributed by atoms with Gasteiger partial charge >= 0.3 is 0 Å². The molecule has 5 rings (SSSR count). The van der Waals surface area contributed by atoms with Gasteiger partial charge in [0, 0.05) is 42.4 Å². The second-order valence-corrected chi connectivity index (χ2v) is 12.3. The number of carbonyl (C=O) groups excluding carboxylic acids is 3. The molecule has 1 saturated carbocycles. The average Bonchev–Trinajstić information content (AvgIpc) is 2.93. The number of primary amides is 1. The first-order valence-corrected chi connectivity index (χ1v) is 14.6. The summed E-state index contributed by atoms with van der Waals surface area (Å²) in [5.41, 5.74) is 10.6. The maximum atomic E-state index is 13.8. The number of carbonyl (C=O) groups is 3. The molecular weight excluding hydrogens is 494 g/mol. The lowest BCUT2D eigenvalue weighted by molar-refractivity contribution is -0.130. The van der Waals surface area contributed by atoms with Crippen molar-refractivity contribution < 1.29 is 14.4 Å². The van der Waals surface area contributed by atoms with Crippen LogP contribution in [0.2, 0.25) is 0 Å². The molecule has 3 aliphatic rings. The van der Waals surface area contributed by atoms with Gasteiger partial charge in [0.1, 0.15) is 0 Å². The van der Waals surface area contributed by atoms with E-state index in [-0.39, 0.29) is 29.7 Å². The lowest BCUT2D eigenvalue weighted by Crippen LogP contribution is -2.50. The lowest BCUT2D eigenvalue weighted by Gasteiger charge is -2.44. The van der Waals surface area contributed by atoms with E-state index in [1.807, 2.05) is 30.3 Å². The zero-order chi connectivity index (χ0) is 26.8. The number of fused-ring (bicyclic) bond motifs is 1. The minimum atomic E-state index is -0.281. The predicted molar refractivity (Wildman–Crippen MR) is 152 cm³/mol. The number of aryl methyl sites for hydroxylation is 2. The summed E-state index contributed by atoms with van der Waals surface area (Å²) in [5.74, 6) is -0.343. The van der Waals surface area contributed by atoms with Crippen LogP contribution in [0.1, 0.15) is 71.1 Å². The molecule has 2 atom stereocenters. The molecule has 0 aromatic heterocycles. The topological polar surface area (TPSA) is 83.7 Å². The van der Waals surface area contributed by atoms with Crippen LogP contribution in [0.25, 0.3) is 6.08 Å². The summed E-state index contributed by atoms with van der Waals surface area (Å²) < 4.78 is 0. The Morgan fingerprint density at radius 1 is 1.00 bits per heavy atom. The number of hydrogen-bond acceptors (Lipinski definition) is 4. The van der Waals surface area contributed by atoms with Crippen LogP contribution >= 0.6 is 11.8 Å². The fraction of sp³-hybridized carbons (Fsp3) is 0.452. The molecule has 3 amide bonds. The van der Waals surface area contributed by atoms with E-state index < -0.39 is 0 Å². The summed E-state index contributed by atoms with van der Waals surface area (Å²) >= 11 is 1.73. The highest BCUT2D eigenvalue weighted by Gasteiger charge is 2.40. The Balaban J connectivity index is 1.32. The summed E-state index contributed by atoms with van der Waals surface area (Å²) in [6.07, 6.45) is 7.79. The van der Waals surface area contributed by atoms with Crippen molar-refractivity contribution >= 4 is 35.6 Å². The molecule has 7 heteroatoms. The Kier molecular flexibility index (Phi) is 7.93. The van der Waals surface area contributed by atoms with Crippen molar-refractivity contribution in [2.75, 3.05) is 13.1 Å². The maximum absolute atomic E-state index is 13.8. The summed E-state index contributed by atoms with van der Waals surface area (Å²) in [5, 5.41) is 0.419. The Bertz CT molecular complexity index is 1250. The molecule has 2 saturated heterocycles. The summed E-state index contributed by atoms with van der Waals surface area (Å²) in [7, 11) is 0. The number of amides is 3. The average molecular weight is 532 g/mol. The third-order valence-corrected chi connectivity index (χ3v) is 9.70. The van der Waals surface area contributed by atoms with E-state index in [0.717, 1.165) is 23.3 Å². The first kappa shape index (κ1) is 26.5. The second-order valence-electron chi connectivity index (χ2n) is 11.0. The maximum Gasteiger partial charge on any atom is 0.260 e. The third-order valence-electron chi connectivity index (χ3n) is 8.30. The molecule has 38 heavy (non-hydrogen) atoms. The van der Waals surface area contributed by atoms with Crippen molar-refractivity contribution in [2.24, 2.45) is 11.7 Å². The molecule has 2 aromatic rings. The molecule has 3 fully saturated rings. The molecule has 2 unspecified atom stereocenters. The molecule has 2 aliphatic heterocycles. The normalized spacial score (nSPS) is 23.4. The van der Waals surface area contributed by atoms with Gasteiger partial charge < -0.3 is 15.5 Å². The van der Waals surface area contributed by atoms with Crippen LogP contribution in [0.15, 0.2) is 47.4 Å². The van der Waals surface area contributed by atoms with E-state index in [9.17, 15) is 14.4 Å². The second kappa shape index (κ2) is 11.4. The summed E-state index contributed by atoms with van der Waals surface area (Å²) in [4.78, 5) is 42.9. The highest BCUT2D eigenvalue weighted by atomic mass is 32.2. The van der Waals surface area contributed by atoms with E-state index in [1.165, 1.54) is 29.5 Å². The number of likely N-dealkylation sites (tertiary alicyclic amines) is 1. The molecule has 2 N–H and O–H groups in total. The van der Waals surface area contributed by atoms with Crippen molar-refractivity contribution in [1.82, 2.24) is 9.80 Å². The molecule has 0 radical (unpaired) electrons. The largest absolute Gasteiger partial charge is 0.369 e. The molecule has 2 heterocycles. The van der Waals surface area contributed by atoms with Crippen molar-refractivity contribution in [3.05, 3.63) is 75.2 Å². The first-order chi connectivity index (χ1) is 18.3. The summed E-state index contributed by atoms with van der Waals surface area (Å²) in [6, 6.07) is 14.3. The molecule has 200 valence electrons. The summed E-state index contributed by atoms with van der Waals surface area (Å²) in [6.45, 7) is 5.95. The SMILES string of the molecule is Cc1ccc(C)c(CN2C(=O)/C(=C/c3ccc(C(=O)N4CCC(C(N)=O)CC4)cc3)SC3CCCCC32)c1. The van der Waals surface area contributed by atoms with Crippen molar-refractivity contribution in [3.8, 4) is 0 Å². The number of hydrogen-bond donors (Lipinski definition) is 1. The zero-order valence-electron chi connectivity index (χ0n) is 22.3. The quantitative estimate of drug-likeness (QED) is 0.546. The minimum Gasteiger partial charge on any atom is -0.369 e. The zero-order valence-corrected chi connectivity index (χ0v) is 23.1. The van der Waals surface area contributed by atoms with Gasteiger partial charge in [0.05, 0.1) is 4.91 Å². The van der Waals surface area contributed by atoms with Gasteiger partial charge in [0.2, 0.25) is 5.91 Å². The van der Waals surface area contributed by atoms with E-state index >= 15 is 0 Å². The van der Waals surface area contributed by atoms with Gasteiger partial charge in [-0.15, -0.1) is 11.8 Å². The van der Waals surface area contributed by atoms with Crippen LogP contribution in [0, 0.1) is 19.8 Å². The smallest absolute Gasteiger partial charge is 0.260 e. The van der Waals surface area contributed by atoms with Gasteiger partial charge in [-0.3, -0.25) is 14.4 Å². The highest BCUT2D eigenvalue weighted by molar-refractivity contribution is 8.04. The third kappa shape index (κ3) is 5.68. The molecule has 6 nitrogen and oxygen atoms in total. The number of rotatable bonds is 5. The molecule has 2 aromatic carbocycles. The van der Waals surface area contributed by atoms with Crippen molar-refractivity contribution in [3.63, 3.8) is 0 Å². The fourth-order valence-corrected chi connectivity index (χ4v) is 7.41. The standard InChI is InChI=1S/C31H37N3O3S/c1-20-7-8-21(2)25(17-20)19-34-26-5-3-4-6-27(26)38-28(31(34)37)18-22-9-11-24(12-10-22)30(36)33-15-13-23(14-16-33)29(32)35/h7-12,17-18,23,26-27H,3-6,13-16,19H2,1-2H3,(H2,32,35)/b28-18-. The number of benzene rings is 2. The van der Waals surface area contributed by atoms with Gasteiger partial charge in [-0.25, -0.2) is 0 Å². The van der Waals surface area contributed by atoms with Crippen LogP contribution in [0.4, 0.5) is 0 Å². The Morgan fingerprint density at radius 2 is 1.71 bits per heavy atom. The van der Waals surface area contributed by atoms with Gasteiger partial charge in [0.15, 0.2) is 0 Å². The monoisotopic (exact) mass is 531 g/mol. The minimum absolute atomic E-state index is 0.0278. The number of thioether (sulfide) groups is 1. The van der Waals surface area contributed by atoms with Crippen molar-refractivity contribution in [2.45, 2.75) is 70.2 Å². The van der Waals surface area contributed by atoms with Crippen LogP contribution < -0.4 is 5.73 Å². The molecule has 0 spiro atoms. The Hall–Kier alpha value is -3.06. The van der Waals surface area contributed by atoms with Crippen LogP contribution in [-0.2, 0) is 16.1 Å². The van der Waals surface area contributed by atoms with Crippen LogP contribution in [-0.4, -0.2) is 51.9 Å². The van der Waals surface area contributed by atoms with Gasteiger partial charge in [-0.05, 0) is 74.4 Å². The van der Waals surface area contributed by atoms with E-state index in [4.69, 9.17) is 5.73 Å². The number of nitrogens with zero attached hydrogens (tertiary/aromatic N) is 2. The Labute approximate surface area is 229 Å². The van der Waals surface area contributed by atoms with Crippen LogP contribution in [0.5, 0.6) is 0 Å². The van der Waals surface area contributed by atoms with E-state index in [2.05, 4.69) is 36.9 Å². The van der Waals surface area contributed by atoms with Crippen LogP contribution in [0.3, 0.4) is 0 Å². The number of nitrogens with two attached hydrogens (primary N) is 1. The predicted octanol–water partition coefficient (Wildman–Crippen LogP) is 5.07. The van der Waals surface area contributed by atoms with Gasteiger partial charge in [0.25, 0.3) is 11.8 Å². The fourth-order valence-electron chi connectivity index (χ4n) is 5.94. The number of piperidine rings is 1. The lowest BCUT2D eigenvalue weighted by atomic mass is 9.92. The van der Waals surface area contributed by atoms with Gasteiger partial charge in [-0.1, -0.05) is 48.7 Å². The van der Waals surface area contributed by atoms with E-state index in [0.29, 0.717) is 43.3 Å². The molecular formula is C31H37N3O3S.